The van der Waals surface area contributed by atoms with Crippen LogP contribution in [0.3, 0.4) is 0 Å². The van der Waals surface area contributed by atoms with Crippen molar-refractivity contribution in [3.05, 3.63) is 81.4 Å². The van der Waals surface area contributed by atoms with E-state index in [0.717, 1.165) is 35.9 Å². The highest BCUT2D eigenvalue weighted by molar-refractivity contribution is 7.89. The number of aromatic nitrogens is 4. The van der Waals surface area contributed by atoms with Crippen LogP contribution in [0.1, 0.15) is 97.3 Å². The van der Waals surface area contributed by atoms with Crippen LogP contribution in [-0.4, -0.2) is 98.5 Å². The molecule has 0 radical (unpaired) electrons. The van der Waals surface area contributed by atoms with Crippen molar-refractivity contribution in [1.29, 1.82) is 0 Å². The summed E-state index contributed by atoms with van der Waals surface area (Å²) >= 11 is 0. The number of carboxylic acid groups (broad SMARTS) is 1. The van der Waals surface area contributed by atoms with Crippen molar-refractivity contribution >= 4 is 27.5 Å². The van der Waals surface area contributed by atoms with E-state index >= 15 is 0 Å². The van der Waals surface area contributed by atoms with Gasteiger partial charge in [0.05, 0.1) is 11.1 Å². The minimum absolute atomic E-state index is 0.0497. The number of fused-ring (bicyclic) bond motifs is 2. The molecule has 5 heterocycles. The molecule has 17 heteroatoms. The number of nitrogens with one attached hydrogen (secondary N) is 1. The average molecular weight is 816 g/mol. The number of likely N-dealkylation sites (tertiary alicyclic amines) is 1. The summed E-state index contributed by atoms with van der Waals surface area (Å²) in [4.78, 5) is 19.9. The summed E-state index contributed by atoms with van der Waals surface area (Å²) in [5, 5.41) is 32.1. The second-order valence-electron chi connectivity index (χ2n) is 16.1. The molecule has 2 aliphatic heterocycles. The van der Waals surface area contributed by atoms with Gasteiger partial charge in [-0.1, -0.05) is 18.2 Å². The SMILES string of the molecule is Cc1ccc([C@H](c2ccn3c(C(F)(F)F)nnc3c2C)C(C)(C)C(=O)O)cc1CN1CCCOCCCc2nc(NC(C)(O)CN3CCCC3)c(C)cc2S1(=O)=O. The van der Waals surface area contributed by atoms with E-state index in [4.69, 9.17) is 9.72 Å². The monoisotopic (exact) mass is 815 g/mol. The average Bonchev–Trinajstić information content (AvgIpc) is 3.80. The zero-order valence-corrected chi connectivity index (χ0v) is 34.1. The smallest absolute Gasteiger partial charge is 0.452 e. The molecule has 0 saturated carbocycles. The van der Waals surface area contributed by atoms with Crippen molar-refractivity contribution in [2.45, 2.75) is 103 Å². The van der Waals surface area contributed by atoms with Crippen molar-refractivity contribution < 1.29 is 41.3 Å². The summed E-state index contributed by atoms with van der Waals surface area (Å²) in [6.07, 6.45) is -0.118. The van der Waals surface area contributed by atoms with E-state index in [2.05, 4.69) is 20.4 Å². The number of carbonyl (C=O) groups is 1. The Morgan fingerprint density at radius 3 is 2.35 bits per heavy atom. The Hall–Kier alpha value is -4.16. The lowest BCUT2D eigenvalue weighted by Crippen LogP contribution is -2.46. The first-order chi connectivity index (χ1) is 26.7. The third-order valence-electron chi connectivity index (χ3n) is 11.1. The van der Waals surface area contributed by atoms with Gasteiger partial charge >= 0.3 is 12.1 Å². The summed E-state index contributed by atoms with van der Waals surface area (Å²) in [6, 6.07) is 8.44. The van der Waals surface area contributed by atoms with Crippen molar-refractivity contribution in [2.75, 3.05) is 44.7 Å². The first kappa shape index (κ1) is 42.4. The molecule has 0 bridgehead atoms. The van der Waals surface area contributed by atoms with Gasteiger partial charge in [-0.05, 0) is 132 Å². The van der Waals surface area contributed by atoms with E-state index in [-0.39, 0.29) is 23.6 Å². The van der Waals surface area contributed by atoms with Gasteiger partial charge in [-0.3, -0.25) is 14.1 Å². The zero-order valence-electron chi connectivity index (χ0n) is 33.3. The second-order valence-corrected chi connectivity index (χ2v) is 18.1. The van der Waals surface area contributed by atoms with E-state index in [1.54, 1.807) is 58.9 Å². The number of sulfonamides is 1. The second kappa shape index (κ2) is 16.2. The van der Waals surface area contributed by atoms with Gasteiger partial charge in [-0.15, -0.1) is 10.2 Å². The van der Waals surface area contributed by atoms with Crippen LogP contribution in [0.5, 0.6) is 0 Å². The highest BCUT2D eigenvalue weighted by Gasteiger charge is 2.42. The number of nitrogens with zero attached hydrogens (tertiary/aromatic N) is 6. The quantitative estimate of drug-likeness (QED) is 0.159. The lowest BCUT2D eigenvalue weighted by Gasteiger charge is -2.33. The van der Waals surface area contributed by atoms with Gasteiger partial charge in [-0.2, -0.15) is 17.5 Å². The van der Waals surface area contributed by atoms with Crippen molar-refractivity contribution in [3.63, 3.8) is 0 Å². The number of aliphatic carboxylic acids is 1. The molecular formula is C40H52F3N7O6S. The largest absolute Gasteiger partial charge is 0.481 e. The molecule has 57 heavy (non-hydrogen) atoms. The lowest BCUT2D eigenvalue weighted by molar-refractivity contribution is -0.147. The number of β-amino-alcohol motifs (C(OH)–C–C–N with tert-alkyl or cyclic N) is 1. The van der Waals surface area contributed by atoms with E-state index in [1.807, 2.05) is 6.92 Å². The Bertz CT molecular complexity index is 2240. The highest BCUT2D eigenvalue weighted by atomic mass is 32.2. The van der Waals surface area contributed by atoms with E-state index in [9.17, 15) is 36.6 Å². The molecule has 0 amide bonds. The fraction of sp³-hybridized carbons (Fsp3) is 0.550. The van der Waals surface area contributed by atoms with Crippen LogP contribution >= 0.6 is 0 Å². The van der Waals surface area contributed by atoms with Crippen LogP contribution in [0, 0.1) is 26.2 Å². The minimum Gasteiger partial charge on any atom is -0.481 e. The van der Waals surface area contributed by atoms with Crippen LogP contribution in [0.2, 0.25) is 0 Å². The van der Waals surface area contributed by atoms with E-state index in [1.165, 1.54) is 16.6 Å². The predicted molar refractivity (Wildman–Crippen MR) is 207 cm³/mol. The Morgan fingerprint density at radius 1 is 0.965 bits per heavy atom. The van der Waals surface area contributed by atoms with Gasteiger partial charge < -0.3 is 20.3 Å². The topological polar surface area (TPSA) is 162 Å². The molecule has 1 aromatic carbocycles. The molecule has 1 fully saturated rings. The lowest BCUT2D eigenvalue weighted by atomic mass is 9.70. The molecule has 1 unspecified atom stereocenters. The highest BCUT2D eigenvalue weighted by Crippen LogP contribution is 2.44. The molecule has 0 spiro atoms. The summed E-state index contributed by atoms with van der Waals surface area (Å²) < 4.78 is 78.8. The molecule has 3 N–H and O–H groups in total. The summed E-state index contributed by atoms with van der Waals surface area (Å²) in [5.74, 6) is -2.80. The molecule has 1 saturated heterocycles. The number of rotatable bonds is 10. The molecule has 2 atom stereocenters. The van der Waals surface area contributed by atoms with Gasteiger partial charge in [0.25, 0.3) is 0 Å². The maximum Gasteiger partial charge on any atom is 0.452 e. The van der Waals surface area contributed by atoms with Gasteiger partial charge in [0.1, 0.15) is 16.4 Å². The summed E-state index contributed by atoms with van der Waals surface area (Å²) in [5.41, 5.74) is 0.814. The minimum atomic E-state index is -4.75. The Labute approximate surface area is 331 Å². The third kappa shape index (κ3) is 8.97. The molecule has 13 nitrogen and oxygen atoms in total. The van der Waals surface area contributed by atoms with Gasteiger partial charge in [0.2, 0.25) is 15.8 Å². The Morgan fingerprint density at radius 2 is 1.67 bits per heavy atom. The van der Waals surface area contributed by atoms with Crippen LogP contribution in [-0.2, 0) is 38.7 Å². The molecule has 0 aliphatic carbocycles. The first-order valence-corrected chi connectivity index (χ1v) is 20.7. The summed E-state index contributed by atoms with van der Waals surface area (Å²) in [7, 11) is -4.17. The number of alkyl halides is 3. The van der Waals surface area contributed by atoms with Gasteiger partial charge in [0.15, 0.2) is 5.65 Å². The normalized spacial score (nSPS) is 19.1. The van der Waals surface area contributed by atoms with Crippen molar-refractivity contribution in [1.82, 2.24) is 28.8 Å². The molecule has 2 aliphatic rings. The van der Waals surface area contributed by atoms with Crippen LogP contribution < -0.4 is 5.32 Å². The number of aliphatic hydroxyl groups is 1. The van der Waals surface area contributed by atoms with Crippen LogP contribution in [0.25, 0.3) is 5.65 Å². The number of aryl methyl sites for hydroxylation is 4. The Balaban J connectivity index is 1.39. The van der Waals surface area contributed by atoms with E-state index in [0.29, 0.717) is 78.4 Å². The fourth-order valence-corrected chi connectivity index (χ4v) is 9.71. The predicted octanol–water partition coefficient (Wildman–Crippen LogP) is 6.07. The number of carboxylic acids is 1. The number of ether oxygens (including phenoxy) is 1. The van der Waals surface area contributed by atoms with E-state index < -0.39 is 45.1 Å². The van der Waals surface area contributed by atoms with Crippen LogP contribution in [0.4, 0.5) is 19.0 Å². The van der Waals surface area contributed by atoms with Crippen molar-refractivity contribution in [3.8, 4) is 0 Å². The Kier molecular flexibility index (Phi) is 12.1. The number of anilines is 1. The molecule has 3 aromatic heterocycles. The van der Waals surface area contributed by atoms with Gasteiger partial charge in [0, 0.05) is 45.0 Å². The number of hydrogen-bond donors (Lipinski definition) is 3. The molecule has 4 aromatic rings. The number of benzene rings is 1. The molecular weight excluding hydrogens is 764 g/mol. The maximum absolute atomic E-state index is 14.8. The number of pyridine rings is 2. The van der Waals surface area contributed by atoms with Crippen LogP contribution in [0.15, 0.2) is 41.4 Å². The summed E-state index contributed by atoms with van der Waals surface area (Å²) in [6.45, 7) is 13.0. The fourth-order valence-electron chi connectivity index (χ4n) is 7.98. The molecule has 310 valence electrons. The molecule has 6 rings (SSSR count). The van der Waals surface area contributed by atoms with Crippen molar-refractivity contribution in [2.24, 2.45) is 5.41 Å². The standard InChI is InChI=1S/C40H52F3N7O6S/c1-25-12-13-28(33(38(4,5)37(51)52)30-14-18-50-35(27(30)3)46-47-36(50)40(41,42)43)22-29(25)23-49-17-10-20-56-19-9-11-31-32(57(49,54)55)21-26(2)34(44-31)45-39(6,53)24-48-15-7-8-16-48/h12-14,18,21-22,33,53H,7-11,15-17,19-20,23-24H2,1-6H3,(H,44,45)(H,51,52)/t33-,39?/m1/s1. The van der Waals surface area contributed by atoms with Gasteiger partial charge in [-0.25, -0.2) is 13.4 Å². The zero-order chi connectivity index (χ0) is 41.5. The third-order valence-corrected chi connectivity index (χ3v) is 13.0. The maximum atomic E-state index is 14.8. The number of halogens is 3. The number of hydrogen-bond acceptors (Lipinski definition) is 10. The first-order valence-electron chi connectivity index (χ1n) is 19.3.